The molecule has 1 atom stereocenters. The van der Waals surface area contributed by atoms with Crippen LogP contribution in [-0.4, -0.2) is 15.5 Å². The zero-order valence-electron chi connectivity index (χ0n) is 15.8. The standard InChI is InChI=1S/C25H21N3O/c29-24(16-11-20-7-3-1-4-8-20)27-23-14-12-22(13-15-23)25(28-18-17-26-19-28)21-9-5-2-6-10-21/h1-19,25H,(H,27,29)/b16-11+. The number of hydrogen-bond acceptors (Lipinski definition) is 2. The van der Waals surface area contributed by atoms with Crippen molar-refractivity contribution in [3.05, 3.63) is 126 Å². The fourth-order valence-electron chi connectivity index (χ4n) is 3.26. The van der Waals surface area contributed by atoms with E-state index in [0.717, 1.165) is 16.8 Å². The number of amides is 1. The minimum Gasteiger partial charge on any atom is -0.326 e. The first kappa shape index (κ1) is 18.4. The Morgan fingerprint density at radius 3 is 2.17 bits per heavy atom. The number of imidazole rings is 1. The number of carbonyl (C=O) groups excluding carboxylic acids is 1. The third-order valence-corrected chi connectivity index (χ3v) is 4.66. The van der Waals surface area contributed by atoms with E-state index in [1.54, 1.807) is 18.3 Å². The molecule has 0 aliphatic rings. The van der Waals surface area contributed by atoms with Gasteiger partial charge in [-0.2, -0.15) is 0 Å². The van der Waals surface area contributed by atoms with Crippen LogP contribution >= 0.6 is 0 Å². The number of nitrogens with one attached hydrogen (secondary N) is 1. The molecule has 0 aliphatic carbocycles. The lowest BCUT2D eigenvalue weighted by Gasteiger charge is -2.20. The van der Waals surface area contributed by atoms with Crippen LogP contribution < -0.4 is 5.32 Å². The quantitative estimate of drug-likeness (QED) is 0.470. The number of benzene rings is 3. The van der Waals surface area contributed by atoms with Gasteiger partial charge in [0.25, 0.3) is 0 Å². The summed E-state index contributed by atoms with van der Waals surface area (Å²) in [6.45, 7) is 0. The molecule has 0 aliphatic heterocycles. The number of rotatable bonds is 6. The highest BCUT2D eigenvalue weighted by atomic mass is 16.1. The molecular weight excluding hydrogens is 358 g/mol. The number of carbonyl (C=O) groups is 1. The van der Waals surface area contributed by atoms with Gasteiger partial charge >= 0.3 is 0 Å². The summed E-state index contributed by atoms with van der Waals surface area (Å²) in [5.74, 6) is -0.157. The Morgan fingerprint density at radius 1 is 0.862 bits per heavy atom. The number of aromatic nitrogens is 2. The van der Waals surface area contributed by atoms with Crippen LogP contribution in [0.1, 0.15) is 22.7 Å². The Balaban J connectivity index is 1.50. The van der Waals surface area contributed by atoms with Gasteiger partial charge in [-0.3, -0.25) is 4.79 Å². The maximum absolute atomic E-state index is 12.2. The predicted octanol–water partition coefficient (Wildman–Crippen LogP) is 5.17. The van der Waals surface area contributed by atoms with Gasteiger partial charge < -0.3 is 9.88 Å². The van der Waals surface area contributed by atoms with Crippen LogP contribution in [0.5, 0.6) is 0 Å². The maximum Gasteiger partial charge on any atom is 0.248 e. The zero-order chi connectivity index (χ0) is 19.9. The summed E-state index contributed by atoms with van der Waals surface area (Å²) in [4.78, 5) is 16.4. The highest BCUT2D eigenvalue weighted by Crippen LogP contribution is 2.27. The average Bonchev–Trinajstić information content (AvgIpc) is 3.30. The van der Waals surface area contributed by atoms with E-state index < -0.39 is 0 Å². The normalized spacial score (nSPS) is 12.0. The monoisotopic (exact) mass is 379 g/mol. The van der Waals surface area contributed by atoms with Gasteiger partial charge in [-0.25, -0.2) is 4.98 Å². The summed E-state index contributed by atoms with van der Waals surface area (Å²) in [5.41, 5.74) is 4.04. The van der Waals surface area contributed by atoms with Crippen LogP contribution in [0.4, 0.5) is 5.69 Å². The average molecular weight is 379 g/mol. The van der Waals surface area contributed by atoms with Crippen molar-refractivity contribution in [3.8, 4) is 0 Å². The van der Waals surface area contributed by atoms with Crippen molar-refractivity contribution < 1.29 is 4.79 Å². The topological polar surface area (TPSA) is 46.9 Å². The molecule has 1 N–H and O–H groups in total. The summed E-state index contributed by atoms with van der Waals surface area (Å²) < 4.78 is 2.07. The van der Waals surface area contributed by atoms with Crippen molar-refractivity contribution in [2.75, 3.05) is 5.32 Å². The molecule has 1 aromatic heterocycles. The molecule has 0 radical (unpaired) electrons. The minimum atomic E-state index is -0.157. The lowest BCUT2D eigenvalue weighted by Crippen LogP contribution is -2.11. The molecule has 4 rings (SSSR count). The SMILES string of the molecule is O=C(/C=C/c1ccccc1)Nc1ccc(C(c2ccccc2)n2ccnc2)cc1. The Morgan fingerprint density at radius 2 is 1.52 bits per heavy atom. The van der Waals surface area contributed by atoms with E-state index in [1.165, 1.54) is 5.56 Å². The lowest BCUT2D eigenvalue weighted by atomic mass is 9.98. The first-order valence-corrected chi connectivity index (χ1v) is 9.46. The molecule has 142 valence electrons. The van der Waals surface area contributed by atoms with Crippen molar-refractivity contribution >= 4 is 17.7 Å². The largest absolute Gasteiger partial charge is 0.326 e. The summed E-state index contributed by atoms with van der Waals surface area (Å²) in [6, 6.07) is 28.0. The van der Waals surface area contributed by atoms with E-state index in [-0.39, 0.29) is 11.9 Å². The summed E-state index contributed by atoms with van der Waals surface area (Å²) in [6.07, 6.45) is 8.91. The summed E-state index contributed by atoms with van der Waals surface area (Å²) in [7, 11) is 0. The third-order valence-electron chi connectivity index (χ3n) is 4.66. The maximum atomic E-state index is 12.2. The van der Waals surface area contributed by atoms with Crippen LogP contribution in [0.15, 0.2) is 110 Å². The molecule has 0 saturated carbocycles. The number of anilines is 1. The van der Waals surface area contributed by atoms with Crippen molar-refractivity contribution in [1.82, 2.24) is 9.55 Å². The van der Waals surface area contributed by atoms with E-state index in [0.29, 0.717) is 0 Å². The van der Waals surface area contributed by atoms with E-state index in [2.05, 4.69) is 27.0 Å². The third kappa shape index (κ3) is 4.68. The molecule has 1 heterocycles. The number of nitrogens with zero attached hydrogens (tertiary/aromatic N) is 2. The Bertz CT molecular complexity index is 1070. The molecule has 0 saturated heterocycles. The molecule has 1 unspecified atom stereocenters. The van der Waals surface area contributed by atoms with Gasteiger partial charge in [0.05, 0.1) is 12.4 Å². The molecule has 3 aromatic carbocycles. The smallest absolute Gasteiger partial charge is 0.248 e. The van der Waals surface area contributed by atoms with Crippen molar-refractivity contribution in [1.29, 1.82) is 0 Å². The van der Waals surface area contributed by atoms with Crippen LogP contribution in [0.2, 0.25) is 0 Å². The zero-order valence-corrected chi connectivity index (χ0v) is 15.8. The number of hydrogen-bond donors (Lipinski definition) is 1. The molecule has 1 amide bonds. The molecule has 4 heteroatoms. The van der Waals surface area contributed by atoms with E-state index in [1.807, 2.05) is 85.3 Å². The Hall–Kier alpha value is -3.92. The Labute approximate surface area is 170 Å². The van der Waals surface area contributed by atoms with Gasteiger partial charge in [0.15, 0.2) is 0 Å². The van der Waals surface area contributed by atoms with E-state index >= 15 is 0 Å². The van der Waals surface area contributed by atoms with Crippen LogP contribution in [0.25, 0.3) is 6.08 Å². The van der Waals surface area contributed by atoms with Gasteiger partial charge in [-0.1, -0.05) is 72.8 Å². The van der Waals surface area contributed by atoms with Gasteiger partial charge in [-0.05, 0) is 34.9 Å². The highest BCUT2D eigenvalue weighted by molar-refractivity contribution is 6.01. The first-order valence-electron chi connectivity index (χ1n) is 9.46. The summed E-state index contributed by atoms with van der Waals surface area (Å²) >= 11 is 0. The Kier molecular flexibility index (Phi) is 5.63. The second-order valence-corrected chi connectivity index (χ2v) is 6.68. The van der Waals surface area contributed by atoms with E-state index in [4.69, 9.17) is 0 Å². The van der Waals surface area contributed by atoms with Crippen LogP contribution in [0.3, 0.4) is 0 Å². The highest BCUT2D eigenvalue weighted by Gasteiger charge is 2.15. The van der Waals surface area contributed by atoms with Gasteiger partial charge in [0.2, 0.25) is 5.91 Å². The van der Waals surface area contributed by atoms with Crippen molar-refractivity contribution in [2.45, 2.75) is 6.04 Å². The lowest BCUT2D eigenvalue weighted by molar-refractivity contribution is -0.111. The predicted molar refractivity (Wildman–Crippen MR) is 116 cm³/mol. The van der Waals surface area contributed by atoms with Crippen molar-refractivity contribution in [3.63, 3.8) is 0 Å². The van der Waals surface area contributed by atoms with E-state index in [9.17, 15) is 4.79 Å². The molecule has 4 aromatic rings. The fraction of sp³-hybridized carbons (Fsp3) is 0.0400. The second kappa shape index (κ2) is 8.85. The van der Waals surface area contributed by atoms with Crippen LogP contribution in [-0.2, 0) is 4.79 Å². The molecule has 0 spiro atoms. The molecule has 0 fully saturated rings. The minimum absolute atomic E-state index is 0.0291. The van der Waals surface area contributed by atoms with Crippen molar-refractivity contribution in [2.24, 2.45) is 0 Å². The molecule has 0 bridgehead atoms. The molecular formula is C25H21N3O. The van der Waals surface area contributed by atoms with Gasteiger partial charge in [0, 0.05) is 24.2 Å². The fourth-order valence-corrected chi connectivity index (χ4v) is 3.26. The van der Waals surface area contributed by atoms with Crippen LogP contribution in [0, 0.1) is 0 Å². The van der Waals surface area contributed by atoms with Gasteiger partial charge in [0.1, 0.15) is 0 Å². The summed E-state index contributed by atoms with van der Waals surface area (Å²) in [5, 5.41) is 2.91. The second-order valence-electron chi connectivity index (χ2n) is 6.68. The van der Waals surface area contributed by atoms with Gasteiger partial charge in [-0.15, -0.1) is 0 Å². The first-order chi connectivity index (χ1) is 14.3. The molecule has 4 nitrogen and oxygen atoms in total. The molecule has 29 heavy (non-hydrogen) atoms.